The van der Waals surface area contributed by atoms with Gasteiger partial charge in [0.25, 0.3) is 0 Å². The highest BCUT2D eigenvalue weighted by molar-refractivity contribution is 7.89. The van der Waals surface area contributed by atoms with E-state index in [9.17, 15) is 8.42 Å². The maximum absolute atomic E-state index is 13.0. The monoisotopic (exact) mass is 407 g/mol. The first-order chi connectivity index (χ1) is 13.7. The third kappa shape index (κ3) is 4.95. The molecule has 0 radical (unpaired) electrons. The molecule has 3 aromatic carbocycles. The molecule has 3 nitrogen and oxygen atoms in total. The van der Waals surface area contributed by atoms with Gasteiger partial charge in [-0.1, -0.05) is 93.6 Å². The van der Waals surface area contributed by atoms with Crippen LogP contribution < -0.4 is 0 Å². The van der Waals surface area contributed by atoms with E-state index in [1.54, 1.807) is 31.3 Å². The summed E-state index contributed by atoms with van der Waals surface area (Å²) in [6.07, 6.45) is 0. The van der Waals surface area contributed by atoms with Crippen molar-refractivity contribution in [2.75, 3.05) is 13.6 Å². The standard InChI is InChI=1S/C25H29NO2S/c1-25(2,3)22-17-15-21(16-18-22)24(20-11-7-5-8-12-20)19-26(4)29(27,28)23-13-9-6-10-14-23/h5-18,24H,19H2,1-4H3/t24-/m0/s1. The Balaban J connectivity index is 1.95. The lowest BCUT2D eigenvalue weighted by molar-refractivity contribution is 0.454. The van der Waals surface area contributed by atoms with E-state index in [1.165, 1.54) is 9.87 Å². The third-order valence-electron chi connectivity index (χ3n) is 5.27. The van der Waals surface area contributed by atoms with Crippen molar-refractivity contribution < 1.29 is 8.42 Å². The molecule has 0 N–H and O–H groups in total. The van der Waals surface area contributed by atoms with Gasteiger partial charge in [0.2, 0.25) is 10.0 Å². The molecule has 0 aromatic heterocycles. The minimum atomic E-state index is -3.55. The number of likely N-dealkylation sites (N-methyl/N-ethyl adjacent to an activating group) is 1. The first-order valence-corrected chi connectivity index (χ1v) is 11.3. The van der Waals surface area contributed by atoms with E-state index >= 15 is 0 Å². The van der Waals surface area contributed by atoms with Crippen molar-refractivity contribution in [2.45, 2.75) is 37.0 Å². The molecule has 4 heteroatoms. The highest BCUT2D eigenvalue weighted by atomic mass is 32.2. The summed E-state index contributed by atoms with van der Waals surface area (Å²) in [6.45, 7) is 6.95. The molecule has 0 amide bonds. The second-order valence-electron chi connectivity index (χ2n) is 8.43. The zero-order valence-corrected chi connectivity index (χ0v) is 18.4. The number of benzene rings is 3. The van der Waals surface area contributed by atoms with Crippen LogP contribution in [0.1, 0.15) is 43.4 Å². The van der Waals surface area contributed by atoms with E-state index in [0.717, 1.165) is 11.1 Å². The maximum Gasteiger partial charge on any atom is 0.242 e. The van der Waals surface area contributed by atoms with Gasteiger partial charge >= 0.3 is 0 Å². The van der Waals surface area contributed by atoms with Gasteiger partial charge in [-0.15, -0.1) is 0 Å². The smallest absolute Gasteiger partial charge is 0.207 e. The maximum atomic E-state index is 13.0. The minimum Gasteiger partial charge on any atom is -0.207 e. The molecule has 152 valence electrons. The molecule has 29 heavy (non-hydrogen) atoms. The average Bonchev–Trinajstić information content (AvgIpc) is 2.72. The highest BCUT2D eigenvalue weighted by Gasteiger charge is 2.25. The molecule has 0 unspecified atom stereocenters. The van der Waals surface area contributed by atoms with E-state index in [4.69, 9.17) is 0 Å². The molecule has 0 fully saturated rings. The SMILES string of the molecule is CN(C[C@@H](c1ccccc1)c1ccc(C(C)(C)C)cc1)S(=O)(=O)c1ccccc1. The van der Waals surface area contributed by atoms with Gasteiger partial charge in [0.05, 0.1) is 4.90 Å². The molecule has 0 saturated heterocycles. The Morgan fingerprint density at radius 2 is 1.24 bits per heavy atom. The average molecular weight is 408 g/mol. The van der Waals surface area contributed by atoms with Crippen molar-refractivity contribution in [3.8, 4) is 0 Å². The molecule has 0 heterocycles. The summed E-state index contributed by atoms with van der Waals surface area (Å²) in [5, 5.41) is 0. The Kier molecular flexibility index (Phi) is 6.25. The molecular formula is C25H29NO2S. The second-order valence-corrected chi connectivity index (χ2v) is 10.5. The van der Waals surface area contributed by atoms with Crippen LogP contribution in [0.3, 0.4) is 0 Å². The van der Waals surface area contributed by atoms with Crippen LogP contribution in [0.25, 0.3) is 0 Å². The molecule has 0 saturated carbocycles. The summed E-state index contributed by atoms with van der Waals surface area (Å²) >= 11 is 0. The lowest BCUT2D eigenvalue weighted by Crippen LogP contribution is -2.31. The van der Waals surface area contributed by atoms with E-state index in [0.29, 0.717) is 11.4 Å². The lowest BCUT2D eigenvalue weighted by atomic mass is 9.84. The first kappa shape index (κ1) is 21.3. The van der Waals surface area contributed by atoms with Gasteiger partial charge in [-0.25, -0.2) is 8.42 Å². The molecule has 1 atom stereocenters. The van der Waals surface area contributed by atoms with Crippen molar-refractivity contribution in [3.05, 3.63) is 102 Å². The molecule has 3 aromatic rings. The zero-order valence-electron chi connectivity index (χ0n) is 17.5. The quantitative estimate of drug-likeness (QED) is 0.546. The zero-order chi connectivity index (χ0) is 21.1. The molecule has 0 aliphatic rings. The van der Waals surface area contributed by atoms with Crippen molar-refractivity contribution in [3.63, 3.8) is 0 Å². The van der Waals surface area contributed by atoms with Crippen molar-refractivity contribution >= 4 is 10.0 Å². The van der Waals surface area contributed by atoms with Gasteiger partial charge in [-0.05, 0) is 34.2 Å². The molecule has 0 bridgehead atoms. The van der Waals surface area contributed by atoms with Gasteiger partial charge in [0, 0.05) is 19.5 Å². The predicted octanol–water partition coefficient (Wildman–Crippen LogP) is 5.44. The molecular weight excluding hydrogens is 378 g/mol. The van der Waals surface area contributed by atoms with E-state index in [-0.39, 0.29) is 11.3 Å². The summed E-state index contributed by atoms with van der Waals surface area (Å²) < 4.78 is 27.5. The molecule has 0 aliphatic heterocycles. The Morgan fingerprint density at radius 1 is 0.759 bits per heavy atom. The summed E-state index contributed by atoms with van der Waals surface area (Å²) in [6, 6.07) is 27.3. The normalized spacial score (nSPS) is 13.4. The summed E-state index contributed by atoms with van der Waals surface area (Å²) in [5.41, 5.74) is 3.55. The molecule has 0 spiro atoms. The van der Waals surface area contributed by atoms with Crippen LogP contribution in [-0.2, 0) is 15.4 Å². The summed E-state index contributed by atoms with van der Waals surface area (Å²) in [5.74, 6) is -0.0475. The summed E-state index contributed by atoms with van der Waals surface area (Å²) in [7, 11) is -1.89. The van der Waals surface area contributed by atoms with E-state index in [1.807, 2.05) is 24.3 Å². The lowest BCUT2D eigenvalue weighted by Gasteiger charge is -2.26. The van der Waals surface area contributed by atoms with Gasteiger partial charge in [0.1, 0.15) is 0 Å². The van der Waals surface area contributed by atoms with Crippen LogP contribution in [-0.4, -0.2) is 26.3 Å². The van der Waals surface area contributed by atoms with E-state index < -0.39 is 10.0 Å². The van der Waals surface area contributed by atoms with Crippen molar-refractivity contribution in [1.82, 2.24) is 4.31 Å². The number of nitrogens with zero attached hydrogens (tertiary/aromatic N) is 1. The van der Waals surface area contributed by atoms with Crippen LogP contribution in [0.4, 0.5) is 0 Å². The Hall–Kier alpha value is -2.43. The van der Waals surface area contributed by atoms with Crippen LogP contribution in [0, 0.1) is 0 Å². The number of sulfonamides is 1. The Labute approximate surface area is 175 Å². The van der Waals surface area contributed by atoms with Crippen LogP contribution >= 0.6 is 0 Å². The predicted molar refractivity (Wildman–Crippen MR) is 120 cm³/mol. The van der Waals surface area contributed by atoms with Crippen LogP contribution in [0.15, 0.2) is 89.8 Å². The van der Waals surface area contributed by atoms with Crippen molar-refractivity contribution in [2.24, 2.45) is 0 Å². The first-order valence-electron chi connectivity index (χ1n) is 9.86. The topological polar surface area (TPSA) is 37.4 Å². The largest absolute Gasteiger partial charge is 0.242 e. The number of hydrogen-bond donors (Lipinski definition) is 0. The van der Waals surface area contributed by atoms with Crippen LogP contribution in [0.2, 0.25) is 0 Å². The molecule has 3 rings (SSSR count). The molecule has 0 aliphatic carbocycles. The van der Waals surface area contributed by atoms with Crippen LogP contribution in [0.5, 0.6) is 0 Å². The van der Waals surface area contributed by atoms with E-state index in [2.05, 4.69) is 57.2 Å². The van der Waals surface area contributed by atoms with Gasteiger partial charge in [-0.2, -0.15) is 4.31 Å². The number of hydrogen-bond acceptors (Lipinski definition) is 2. The van der Waals surface area contributed by atoms with Gasteiger partial charge in [-0.3, -0.25) is 0 Å². The fraction of sp³-hybridized carbons (Fsp3) is 0.280. The summed E-state index contributed by atoms with van der Waals surface area (Å²) in [4.78, 5) is 0.317. The fourth-order valence-electron chi connectivity index (χ4n) is 3.43. The third-order valence-corrected chi connectivity index (χ3v) is 7.11. The highest BCUT2D eigenvalue weighted by Crippen LogP contribution is 2.30. The fourth-order valence-corrected chi connectivity index (χ4v) is 4.64. The second kappa shape index (κ2) is 8.52. The van der Waals surface area contributed by atoms with Crippen molar-refractivity contribution in [1.29, 1.82) is 0 Å². The number of rotatable bonds is 6. The van der Waals surface area contributed by atoms with Gasteiger partial charge in [0.15, 0.2) is 0 Å². The minimum absolute atomic E-state index is 0.0475. The Bertz CT molecular complexity index is 1020. The Morgan fingerprint density at radius 3 is 1.76 bits per heavy atom. The van der Waals surface area contributed by atoms with Gasteiger partial charge < -0.3 is 0 Å².